The van der Waals surface area contributed by atoms with Crippen LogP contribution in [0.25, 0.3) is 0 Å². The van der Waals surface area contributed by atoms with Gasteiger partial charge in [0.2, 0.25) is 0 Å². The van der Waals surface area contributed by atoms with E-state index in [0.29, 0.717) is 19.6 Å². The first-order chi connectivity index (χ1) is 13.1. The van der Waals surface area contributed by atoms with Crippen molar-refractivity contribution in [1.82, 2.24) is 0 Å². The molecule has 0 N–H and O–H groups in total. The van der Waals surface area contributed by atoms with Gasteiger partial charge in [-0.05, 0) is 44.0 Å². The Morgan fingerprint density at radius 3 is 2.63 bits per heavy atom. The van der Waals surface area contributed by atoms with Crippen LogP contribution in [0.1, 0.15) is 32.3 Å². The third kappa shape index (κ3) is 10.2. The minimum absolute atomic E-state index is 0.290. The molecule has 27 heavy (non-hydrogen) atoms. The van der Waals surface area contributed by atoms with Crippen LogP contribution in [-0.2, 0) is 20.9 Å². The molecular formula is C23H30O4. The van der Waals surface area contributed by atoms with Crippen molar-refractivity contribution in [3.63, 3.8) is 0 Å². The molecule has 0 saturated carbocycles. The van der Waals surface area contributed by atoms with Gasteiger partial charge in [-0.2, -0.15) is 0 Å². The van der Waals surface area contributed by atoms with Crippen molar-refractivity contribution in [2.45, 2.75) is 39.4 Å². The highest BCUT2D eigenvalue weighted by Crippen LogP contribution is 2.12. The SMILES string of the molecule is C=CC(=O)OC(/C=C/C(C)=C/CCOCc1ccc(OC)cc1)CC=CC. The van der Waals surface area contributed by atoms with Gasteiger partial charge in [0.1, 0.15) is 11.9 Å². The lowest BCUT2D eigenvalue weighted by atomic mass is 10.1. The van der Waals surface area contributed by atoms with E-state index in [1.54, 1.807) is 7.11 Å². The molecule has 0 bridgehead atoms. The topological polar surface area (TPSA) is 44.8 Å². The molecular weight excluding hydrogens is 340 g/mol. The normalized spacial score (nSPS) is 13.1. The van der Waals surface area contributed by atoms with Gasteiger partial charge in [-0.3, -0.25) is 0 Å². The number of carbonyl (C=O) groups is 1. The van der Waals surface area contributed by atoms with Crippen LogP contribution in [-0.4, -0.2) is 25.8 Å². The summed E-state index contributed by atoms with van der Waals surface area (Å²) in [4.78, 5) is 11.4. The van der Waals surface area contributed by atoms with E-state index in [0.717, 1.165) is 23.3 Å². The average molecular weight is 370 g/mol. The van der Waals surface area contributed by atoms with Crippen LogP contribution in [0.2, 0.25) is 0 Å². The lowest BCUT2D eigenvalue weighted by molar-refractivity contribution is -0.140. The summed E-state index contributed by atoms with van der Waals surface area (Å²) in [7, 11) is 1.65. The van der Waals surface area contributed by atoms with Crippen molar-refractivity contribution in [2.24, 2.45) is 0 Å². The molecule has 0 aromatic heterocycles. The summed E-state index contributed by atoms with van der Waals surface area (Å²) >= 11 is 0. The van der Waals surface area contributed by atoms with Crippen molar-refractivity contribution in [1.29, 1.82) is 0 Å². The number of esters is 1. The summed E-state index contributed by atoms with van der Waals surface area (Å²) in [5, 5.41) is 0. The second-order valence-corrected chi connectivity index (χ2v) is 5.98. The number of methoxy groups -OCH3 is 1. The second kappa shape index (κ2) is 13.6. The van der Waals surface area contributed by atoms with Crippen molar-refractivity contribution < 1.29 is 19.0 Å². The van der Waals surface area contributed by atoms with E-state index in [9.17, 15) is 4.79 Å². The molecule has 146 valence electrons. The maximum atomic E-state index is 11.4. The fraction of sp³-hybridized carbons (Fsp3) is 0.348. The van der Waals surface area contributed by atoms with E-state index in [2.05, 4.69) is 12.7 Å². The first-order valence-electron chi connectivity index (χ1n) is 9.08. The molecule has 0 spiro atoms. The Balaban J connectivity index is 2.39. The molecule has 4 nitrogen and oxygen atoms in total. The van der Waals surface area contributed by atoms with Gasteiger partial charge < -0.3 is 14.2 Å². The smallest absolute Gasteiger partial charge is 0.330 e. The van der Waals surface area contributed by atoms with E-state index >= 15 is 0 Å². The van der Waals surface area contributed by atoms with E-state index in [1.165, 1.54) is 6.08 Å². The molecule has 0 aliphatic carbocycles. The third-order valence-electron chi connectivity index (χ3n) is 3.77. The molecule has 0 heterocycles. The molecule has 1 aromatic carbocycles. The van der Waals surface area contributed by atoms with Crippen LogP contribution in [0, 0.1) is 0 Å². The monoisotopic (exact) mass is 370 g/mol. The van der Waals surface area contributed by atoms with Crippen LogP contribution < -0.4 is 4.74 Å². The quantitative estimate of drug-likeness (QED) is 0.167. The Kier molecular flexibility index (Phi) is 11.3. The Bertz CT molecular complexity index is 653. The predicted molar refractivity (Wildman–Crippen MR) is 110 cm³/mol. The lowest BCUT2D eigenvalue weighted by Gasteiger charge is -2.10. The zero-order chi connectivity index (χ0) is 19.9. The van der Waals surface area contributed by atoms with Gasteiger partial charge in [-0.15, -0.1) is 0 Å². The molecule has 0 amide bonds. The number of benzene rings is 1. The molecule has 1 atom stereocenters. The molecule has 1 aromatic rings. The van der Waals surface area contributed by atoms with E-state index in [-0.39, 0.29) is 6.10 Å². The van der Waals surface area contributed by atoms with Crippen LogP contribution in [0.15, 0.2) is 72.9 Å². The van der Waals surface area contributed by atoms with Gasteiger partial charge in [-0.25, -0.2) is 4.79 Å². The van der Waals surface area contributed by atoms with Gasteiger partial charge in [0.25, 0.3) is 0 Å². The number of hydrogen-bond donors (Lipinski definition) is 0. The van der Waals surface area contributed by atoms with Crippen molar-refractivity contribution in [2.75, 3.05) is 13.7 Å². The Morgan fingerprint density at radius 1 is 1.26 bits per heavy atom. The van der Waals surface area contributed by atoms with Gasteiger partial charge in [0, 0.05) is 12.5 Å². The van der Waals surface area contributed by atoms with Gasteiger partial charge in [0.15, 0.2) is 0 Å². The number of hydrogen-bond acceptors (Lipinski definition) is 4. The second-order valence-electron chi connectivity index (χ2n) is 5.98. The molecule has 0 aliphatic rings. The van der Waals surface area contributed by atoms with Gasteiger partial charge in [0.05, 0.1) is 20.3 Å². The number of ether oxygens (including phenoxy) is 3. The average Bonchev–Trinajstić information content (AvgIpc) is 2.69. The molecule has 0 saturated heterocycles. The van der Waals surface area contributed by atoms with E-state index < -0.39 is 5.97 Å². The fourth-order valence-corrected chi connectivity index (χ4v) is 2.24. The van der Waals surface area contributed by atoms with Crippen LogP contribution >= 0.6 is 0 Å². The highest BCUT2D eigenvalue weighted by Gasteiger charge is 2.06. The number of rotatable bonds is 12. The summed E-state index contributed by atoms with van der Waals surface area (Å²) in [5.41, 5.74) is 2.22. The van der Waals surface area contributed by atoms with Crippen LogP contribution in [0.4, 0.5) is 0 Å². The summed E-state index contributed by atoms with van der Waals surface area (Å²) < 4.78 is 16.1. The maximum Gasteiger partial charge on any atom is 0.330 e. The highest BCUT2D eigenvalue weighted by molar-refractivity contribution is 5.81. The molecule has 1 unspecified atom stereocenters. The zero-order valence-electron chi connectivity index (χ0n) is 16.5. The maximum absolute atomic E-state index is 11.4. The first kappa shape index (κ1) is 22.5. The summed E-state index contributed by atoms with van der Waals surface area (Å²) in [5.74, 6) is 0.429. The van der Waals surface area contributed by atoms with Crippen molar-refractivity contribution in [3.8, 4) is 5.75 Å². The van der Waals surface area contributed by atoms with Crippen LogP contribution in [0.3, 0.4) is 0 Å². The number of allylic oxidation sites excluding steroid dienone is 3. The molecule has 0 fully saturated rings. The lowest BCUT2D eigenvalue weighted by Crippen LogP contribution is -2.13. The van der Waals surface area contributed by atoms with Crippen LogP contribution in [0.5, 0.6) is 5.75 Å². The van der Waals surface area contributed by atoms with E-state index in [1.807, 2.05) is 62.4 Å². The van der Waals surface area contributed by atoms with E-state index in [4.69, 9.17) is 14.2 Å². The third-order valence-corrected chi connectivity index (χ3v) is 3.77. The molecule has 4 heteroatoms. The van der Waals surface area contributed by atoms with Gasteiger partial charge >= 0.3 is 5.97 Å². The van der Waals surface area contributed by atoms with Crippen molar-refractivity contribution in [3.05, 3.63) is 78.4 Å². The van der Waals surface area contributed by atoms with Gasteiger partial charge in [-0.1, -0.05) is 48.6 Å². The standard InChI is InChI=1S/C23H30O4/c1-5-7-10-22(27-23(24)6-2)14-11-19(3)9-8-17-26-18-20-12-15-21(25-4)16-13-20/h5-7,9,11-16,22H,2,8,10,17-18H2,1,3-4H3/b7-5?,14-11+,19-9+. The summed E-state index contributed by atoms with van der Waals surface area (Å²) in [6, 6.07) is 7.85. The minimum atomic E-state index is -0.414. The molecule has 1 rings (SSSR count). The predicted octanol–water partition coefficient (Wildman–Crippen LogP) is 5.17. The summed E-state index contributed by atoms with van der Waals surface area (Å²) in [6.45, 7) is 8.61. The molecule has 0 radical (unpaired) electrons. The number of carbonyl (C=O) groups excluding carboxylic acids is 1. The molecule has 0 aliphatic heterocycles. The summed E-state index contributed by atoms with van der Waals surface area (Å²) in [6.07, 6.45) is 12.2. The minimum Gasteiger partial charge on any atom is -0.497 e. The fourth-order valence-electron chi connectivity index (χ4n) is 2.24. The Labute approximate surface area is 162 Å². The Hall–Kier alpha value is -2.59. The highest BCUT2D eigenvalue weighted by atomic mass is 16.5. The zero-order valence-corrected chi connectivity index (χ0v) is 16.5. The Morgan fingerprint density at radius 2 is 2.00 bits per heavy atom. The first-order valence-corrected chi connectivity index (χ1v) is 9.08. The largest absolute Gasteiger partial charge is 0.497 e. The van der Waals surface area contributed by atoms with Crippen molar-refractivity contribution >= 4 is 5.97 Å².